The van der Waals surface area contributed by atoms with Crippen molar-refractivity contribution in [3.8, 4) is 5.75 Å². The number of hydrazone groups is 1. The second-order valence-corrected chi connectivity index (χ2v) is 5.56. The van der Waals surface area contributed by atoms with Gasteiger partial charge in [-0.05, 0) is 35.9 Å². The fraction of sp³-hybridized carbons (Fsp3) is 0. The first-order valence-electron chi connectivity index (χ1n) is 7.09. The lowest BCUT2D eigenvalue weighted by Crippen LogP contribution is -2.26. The highest BCUT2D eigenvalue weighted by molar-refractivity contribution is 6.31. The van der Waals surface area contributed by atoms with Crippen LogP contribution >= 0.6 is 11.6 Å². The van der Waals surface area contributed by atoms with E-state index >= 15 is 0 Å². The van der Waals surface area contributed by atoms with Crippen LogP contribution in [0.1, 0.15) is 15.9 Å². The number of nitrogens with one attached hydrogen (secondary N) is 2. The van der Waals surface area contributed by atoms with Crippen molar-refractivity contribution in [2.45, 2.75) is 0 Å². The summed E-state index contributed by atoms with van der Waals surface area (Å²) in [6.07, 6.45) is 1.21. The predicted octanol–water partition coefficient (Wildman–Crippen LogP) is 2.79. The van der Waals surface area contributed by atoms with E-state index in [0.717, 1.165) is 0 Å². The van der Waals surface area contributed by atoms with Crippen molar-refractivity contribution >= 4 is 34.6 Å². The summed E-state index contributed by atoms with van der Waals surface area (Å²) in [7, 11) is 0. The van der Waals surface area contributed by atoms with Crippen LogP contribution < -0.4 is 11.0 Å². The molecule has 0 fully saturated rings. The summed E-state index contributed by atoms with van der Waals surface area (Å²) in [4.78, 5) is 26.7. The maximum Gasteiger partial charge on any atom is 0.280 e. The van der Waals surface area contributed by atoms with Crippen LogP contribution in [0.2, 0.25) is 5.02 Å². The molecule has 0 saturated carbocycles. The van der Waals surface area contributed by atoms with Crippen LogP contribution in [0.4, 0.5) is 4.39 Å². The number of aromatic amines is 1. The van der Waals surface area contributed by atoms with Gasteiger partial charge in [0.2, 0.25) is 0 Å². The molecule has 126 valence electrons. The molecule has 1 aromatic heterocycles. The molecule has 8 heteroatoms. The standard InChI is InChI=1S/C17H11ClFN3O3/c18-10-4-5-13-12(7-10)15(23)14(16(24)21-13)17(25)22-20-8-9-2-1-3-11(19)6-9/h1-8H,(H,22,25)(H2,21,23,24). The van der Waals surface area contributed by atoms with Crippen molar-refractivity contribution in [2.75, 3.05) is 0 Å². The highest BCUT2D eigenvalue weighted by atomic mass is 35.5. The van der Waals surface area contributed by atoms with E-state index in [9.17, 15) is 19.1 Å². The predicted molar refractivity (Wildman–Crippen MR) is 92.7 cm³/mol. The number of carbonyl (C=O) groups is 1. The number of halogens is 2. The first kappa shape index (κ1) is 16.7. The van der Waals surface area contributed by atoms with Gasteiger partial charge in [-0.2, -0.15) is 5.10 Å². The van der Waals surface area contributed by atoms with Gasteiger partial charge < -0.3 is 10.1 Å². The van der Waals surface area contributed by atoms with E-state index in [4.69, 9.17) is 11.6 Å². The fourth-order valence-electron chi connectivity index (χ4n) is 2.27. The Balaban J connectivity index is 1.90. The molecule has 1 amide bonds. The molecule has 0 bridgehead atoms. The van der Waals surface area contributed by atoms with Crippen LogP contribution in [0.15, 0.2) is 52.4 Å². The quantitative estimate of drug-likeness (QED) is 0.495. The number of nitrogens with zero attached hydrogens (tertiary/aromatic N) is 1. The van der Waals surface area contributed by atoms with Crippen LogP contribution in [-0.2, 0) is 0 Å². The van der Waals surface area contributed by atoms with Crippen LogP contribution in [0.5, 0.6) is 5.75 Å². The first-order valence-corrected chi connectivity index (χ1v) is 7.47. The van der Waals surface area contributed by atoms with Gasteiger partial charge >= 0.3 is 0 Å². The van der Waals surface area contributed by atoms with Crippen LogP contribution in [0, 0.1) is 5.82 Å². The van der Waals surface area contributed by atoms with Gasteiger partial charge in [-0.1, -0.05) is 23.7 Å². The third-order valence-electron chi connectivity index (χ3n) is 3.40. The molecule has 6 nitrogen and oxygen atoms in total. The fourth-order valence-corrected chi connectivity index (χ4v) is 2.44. The maximum absolute atomic E-state index is 13.1. The zero-order valence-electron chi connectivity index (χ0n) is 12.6. The van der Waals surface area contributed by atoms with Gasteiger partial charge in [0.15, 0.2) is 0 Å². The number of hydrogen-bond acceptors (Lipinski definition) is 4. The second-order valence-electron chi connectivity index (χ2n) is 5.12. The molecule has 2 aromatic carbocycles. The average molecular weight is 360 g/mol. The zero-order valence-corrected chi connectivity index (χ0v) is 13.3. The van der Waals surface area contributed by atoms with Crippen LogP contribution in [-0.4, -0.2) is 22.2 Å². The van der Waals surface area contributed by atoms with Crippen molar-refractivity contribution in [2.24, 2.45) is 5.10 Å². The number of hydrogen-bond donors (Lipinski definition) is 3. The molecule has 0 radical (unpaired) electrons. The van der Waals surface area contributed by atoms with Crippen molar-refractivity contribution in [1.29, 1.82) is 0 Å². The lowest BCUT2D eigenvalue weighted by molar-refractivity contribution is 0.0951. The number of benzene rings is 2. The Morgan fingerprint density at radius 1 is 1.28 bits per heavy atom. The third kappa shape index (κ3) is 3.51. The molecule has 1 heterocycles. The Labute approximate surface area is 145 Å². The summed E-state index contributed by atoms with van der Waals surface area (Å²) in [5.74, 6) is -1.86. The van der Waals surface area contributed by atoms with Gasteiger partial charge in [0.25, 0.3) is 11.5 Å². The molecule has 3 aromatic rings. The Morgan fingerprint density at radius 3 is 2.84 bits per heavy atom. The zero-order chi connectivity index (χ0) is 18.0. The number of carbonyl (C=O) groups excluding carboxylic acids is 1. The van der Waals surface area contributed by atoms with E-state index in [1.54, 1.807) is 12.1 Å². The molecule has 0 aliphatic rings. The molecule has 3 N–H and O–H groups in total. The number of amides is 1. The molecule has 0 aliphatic carbocycles. The van der Waals surface area contributed by atoms with Crippen molar-refractivity contribution < 1.29 is 14.3 Å². The lowest BCUT2D eigenvalue weighted by atomic mass is 10.1. The van der Waals surface area contributed by atoms with Gasteiger partial charge in [-0.15, -0.1) is 0 Å². The largest absolute Gasteiger partial charge is 0.506 e. The van der Waals surface area contributed by atoms with Gasteiger partial charge in [0.1, 0.15) is 17.1 Å². The average Bonchev–Trinajstić information content (AvgIpc) is 2.56. The molecule has 0 atom stereocenters. The minimum atomic E-state index is -0.909. The summed E-state index contributed by atoms with van der Waals surface area (Å²) >= 11 is 5.87. The molecule has 0 unspecified atom stereocenters. The van der Waals surface area contributed by atoms with Crippen molar-refractivity contribution in [3.63, 3.8) is 0 Å². The Morgan fingerprint density at radius 2 is 2.08 bits per heavy atom. The van der Waals surface area contributed by atoms with Gasteiger partial charge in [0.05, 0.1) is 11.7 Å². The minimum absolute atomic E-state index is 0.228. The van der Waals surface area contributed by atoms with Crippen molar-refractivity contribution in [3.05, 3.63) is 74.8 Å². The normalized spacial score (nSPS) is 11.1. The molecule has 3 rings (SSSR count). The number of fused-ring (bicyclic) bond motifs is 1. The molecule has 0 spiro atoms. The van der Waals surface area contributed by atoms with Gasteiger partial charge in [0, 0.05) is 10.4 Å². The second kappa shape index (κ2) is 6.74. The number of H-pyrrole nitrogens is 1. The topological polar surface area (TPSA) is 94.5 Å². The summed E-state index contributed by atoms with van der Waals surface area (Å²) < 4.78 is 13.1. The van der Waals surface area contributed by atoms with Gasteiger partial charge in [-0.25, -0.2) is 9.82 Å². The minimum Gasteiger partial charge on any atom is -0.506 e. The highest BCUT2D eigenvalue weighted by Crippen LogP contribution is 2.27. The highest BCUT2D eigenvalue weighted by Gasteiger charge is 2.19. The first-order chi connectivity index (χ1) is 12.0. The Bertz CT molecular complexity index is 1060. The van der Waals surface area contributed by atoms with E-state index in [1.807, 2.05) is 0 Å². The van der Waals surface area contributed by atoms with Crippen LogP contribution in [0.3, 0.4) is 0 Å². The number of rotatable bonds is 3. The smallest absolute Gasteiger partial charge is 0.280 e. The number of aromatic hydroxyl groups is 1. The van der Waals surface area contributed by atoms with Gasteiger partial charge in [-0.3, -0.25) is 9.59 Å². The Hall–Kier alpha value is -3.19. The summed E-state index contributed by atoms with van der Waals surface area (Å²) in [6.45, 7) is 0. The number of pyridine rings is 1. The summed E-state index contributed by atoms with van der Waals surface area (Å²) in [5.41, 5.74) is 1.62. The van der Waals surface area contributed by atoms with E-state index < -0.39 is 28.6 Å². The molecular formula is C17H11ClFN3O3. The molecule has 0 saturated heterocycles. The maximum atomic E-state index is 13.1. The van der Waals surface area contributed by atoms with E-state index in [1.165, 1.54) is 36.5 Å². The van der Waals surface area contributed by atoms with Crippen molar-refractivity contribution in [1.82, 2.24) is 10.4 Å². The summed E-state index contributed by atoms with van der Waals surface area (Å²) in [6, 6.07) is 10.1. The molecule has 0 aliphatic heterocycles. The summed E-state index contributed by atoms with van der Waals surface area (Å²) in [5, 5.41) is 14.5. The van der Waals surface area contributed by atoms with E-state index in [-0.39, 0.29) is 5.39 Å². The number of aromatic nitrogens is 1. The molecule has 25 heavy (non-hydrogen) atoms. The van der Waals surface area contributed by atoms with E-state index in [0.29, 0.717) is 16.1 Å². The third-order valence-corrected chi connectivity index (χ3v) is 3.64. The monoisotopic (exact) mass is 359 g/mol. The lowest BCUT2D eigenvalue weighted by Gasteiger charge is -2.06. The SMILES string of the molecule is O=C(NN=Cc1cccc(F)c1)c1c(O)c2cc(Cl)ccc2[nH]c1=O. The molecular weight excluding hydrogens is 349 g/mol. The Kier molecular flexibility index (Phi) is 4.49. The van der Waals surface area contributed by atoms with E-state index in [2.05, 4.69) is 15.5 Å². The van der Waals surface area contributed by atoms with Crippen LogP contribution in [0.25, 0.3) is 10.9 Å².